The minimum Gasteiger partial charge on any atom is -0.399 e. The predicted molar refractivity (Wildman–Crippen MR) is 89.5 cm³/mol. The van der Waals surface area contributed by atoms with Gasteiger partial charge in [0.05, 0.1) is 0 Å². The van der Waals surface area contributed by atoms with Crippen molar-refractivity contribution in [2.75, 3.05) is 5.73 Å². The zero-order valence-electron chi connectivity index (χ0n) is 12.1. The zero-order valence-corrected chi connectivity index (χ0v) is 12.1. The molecule has 2 aromatic rings. The third kappa shape index (κ3) is 4.13. The van der Waals surface area contributed by atoms with E-state index in [1.807, 2.05) is 30.3 Å². The first-order chi connectivity index (χ1) is 9.65. The SMILES string of the molecule is CC(C)c1ccc(/C=C/C=C/c2ccc(N)cc2)cc1. The smallest absolute Gasteiger partial charge is 0.0314 e. The van der Waals surface area contributed by atoms with E-state index >= 15 is 0 Å². The average molecular weight is 263 g/mol. The van der Waals surface area contributed by atoms with Crippen molar-refractivity contribution in [3.05, 3.63) is 77.4 Å². The maximum atomic E-state index is 5.65. The average Bonchev–Trinajstić information content (AvgIpc) is 2.46. The van der Waals surface area contributed by atoms with Gasteiger partial charge in [0.15, 0.2) is 0 Å². The van der Waals surface area contributed by atoms with Crippen LogP contribution in [0.4, 0.5) is 5.69 Å². The molecule has 0 amide bonds. The van der Waals surface area contributed by atoms with Crippen LogP contribution < -0.4 is 5.73 Å². The Balaban J connectivity index is 1.97. The van der Waals surface area contributed by atoms with Crippen molar-refractivity contribution >= 4 is 17.8 Å². The number of allylic oxidation sites excluding steroid dienone is 2. The molecule has 2 aromatic carbocycles. The highest BCUT2D eigenvalue weighted by atomic mass is 14.5. The molecule has 0 radical (unpaired) electrons. The quantitative estimate of drug-likeness (QED) is 0.601. The lowest BCUT2D eigenvalue weighted by atomic mass is 10.0. The van der Waals surface area contributed by atoms with Crippen molar-refractivity contribution in [2.45, 2.75) is 19.8 Å². The minimum atomic E-state index is 0.582. The van der Waals surface area contributed by atoms with Crippen molar-refractivity contribution in [3.8, 4) is 0 Å². The van der Waals surface area contributed by atoms with E-state index in [0.29, 0.717) is 5.92 Å². The predicted octanol–water partition coefficient (Wildman–Crippen LogP) is 5.12. The Hall–Kier alpha value is -2.28. The molecule has 0 aromatic heterocycles. The normalized spacial score (nSPS) is 11.8. The summed E-state index contributed by atoms with van der Waals surface area (Å²) in [6.45, 7) is 4.42. The van der Waals surface area contributed by atoms with Crippen LogP contribution in [0.1, 0.15) is 36.5 Å². The third-order valence-electron chi connectivity index (χ3n) is 3.23. The van der Waals surface area contributed by atoms with Crippen LogP contribution in [0, 0.1) is 0 Å². The lowest BCUT2D eigenvalue weighted by molar-refractivity contribution is 0.866. The Labute approximate surface area is 121 Å². The Morgan fingerprint density at radius 3 is 1.65 bits per heavy atom. The number of benzene rings is 2. The van der Waals surface area contributed by atoms with E-state index < -0.39 is 0 Å². The second-order valence-corrected chi connectivity index (χ2v) is 5.21. The molecule has 0 unspecified atom stereocenters. The number of rotatable bonds is 4. The van der Waals surface area contributed by atoms with Crippen molar-refractivity contribution in [1.82, 2.24) is 0 Å². The number of nitrogen functional groups attached to an aromatic ring is 1. The number of hydrogen-bond donors (Lipinski definition) is 1. The summed E-state index contributed by atoms with van der Waals surface area (Å²) in [6, 6.07) is 16.5. The van der Waals surface area contributed by atoms with Crippen LogP contribution in [0.5, 0.6) is 0 Å². The fraction of sp³-hybridized carbons (Fsp3) is 0.158. The number of anilines is 1. The molecule has 102 valence electrons. The maximum Gasteiger partial charge on any atom is 0.0314 e. The first kappa shape index (κ1) is 14.1. The van der Waals surface area contributed by atoms with Crippen LogP contribution in [0.25, 0.3) is 12.2 Å². The van der Waals surface area contributed by atoms with Gasteiger partial charge >= 0.3 is 0 Å². The largest absolute Gasteiger partial charge is 0.399 e. The molecule has 0 aliphatic heterocycles. The Morgan fingerprint density at radius 1 is 0.750 bits per heavy atom. The summed E-state index contributed by atoms with van der Waals surface area (Å²) in [4.78, 5) is 0. The fourth-order valence-corrected chi connectivity index (χ4v) is 1.93. The second-order valence-electron chi connectivity index (χ2n) is 5.21. The van der Waals surface area contributed by atoms with Crippen LogP contribution in [0.3, 0.4) is 0 Å². The summed E-state index contributed by atoms with van der Waals surface area (Å²) in [5, 5.41) is 0. The highest BCUT2D eigenvalue weighted by Crippen LogP contribution is 2.15. The molecule has 2 rings (SSSR count). The van der Waals surface area contributed by atoms with Gasteiger partial charge in [0, 0.05) is 5.69 Å². The summed E-state index contributed by atoms with van der Waals surface area (Å²) in [5.74, 6) is 0.582. The Morgan fingerprint density at radius 2 is 1.20 bits per heavy atom. The fourth-order valence-electron chi connectivity index (χ4n) is 1.93. The van der Waals surface area contributed by atoms with Crippen molar-refractivity contribution in [2.24, 2.45) is 0 Å². The number of nitrogens with two attached hydrogens (primary N) is 1. The second kappa shape index (κ2) is 6.76. The van der Waals surface area contributed by atoms with Crippen LogP contribution in [0.15, 0.2) is 60.7 Å². The van der Waals surface area contributed by atoms with Crippen LogP contribution >= 0.6 is 0 Å². The molecule has 0 aliphatic carbocycles. The molecule has 0 bridgehead atoms. The molecular weight excluding hydrogens is 242 g/mol. The van der Waals surface area contributed by atoms with Gasteiger partial charge < -0.3 is 5.73 Å². The van der Waals surface area contributed by atoms with Gasteiger partial charge in [-0.25, -0.2) is 0 Å². The van der Waals surface area contributed by atoms with E-state index in [1.54, 1.807) is 0 Å². The van der Waals surface area contributed by atoms with Crippen molar-refractivity contribution in [3.63, 3.8) is 0 Å². The molecule has 2 N–H and O–H groups in total. The van der Waals surface area contributed by atoms with E-state index in [-0.39, 0.29) is 0 Å². The third-order valence-corrected chi connectivity index (χ3v) is 3.23. The first-order valence-electron chi connectivity index (χ1n) is 6.95. The summed E-state index contributed by atoms with van der Waals surface area (Å²) in [7, 11) is 0. The van der Waals surface area contributed by atoms with Gasteiger partial charge in [-0.15, -0.1) is 0 Å². The summed E-state index contributed by atoms with van der Waals surface area (Å²) in [6.07, 6.45) is 8.28. The molecule has 0 heterocycles. The highest BCUT2D eigenvalue weighted by molar-refractivity contribution is 5.58. The zero-order chi connectivity index (χ0) is 14.4. The topological polar surface area (TPSA) is 26.0 Å². The van der Waals surface area contributed by atoms with E-state index in [9.17, 15) is 0 Å². The van der Waals surface area contributed by atoms with E-state index in [0.717, 1.165) is 11.3 Å². The van der Waals surface area contributed by atoms with Gasteiger partial charge in [-0.2, -0.15) is 0 Å². The lowest BCUT2D eigenvalue weighted by Gasteiger charge is -2.04. The van der Waals surface area contributed by atoms with Gasteiger partial charge in [-0.1, -0.05) is 74.5 Å². The Bertz CT molecular complexity index is 587. The molecule has 0 spiro atoms. The maximum absolute atomic E-state index is 5.65. The lowest BCUT2D eigenvalue weighted by Crippen LogP contribution is -1.85. The van der Waals surface area contributed by atoms with Crippen LogP contribution in [-0.2, 0) is 0 Å². The van der Waals surface area contributed by atoms with Crippen LogP contribution in [0.2, 0.25) is 0 Å². The standard InChI is InChI=1S/C19H21N/c1-15(2)18-11-7-16(8-12-18)5-3-4-6-17-9-13-19(20)14-10-17/h3-15H,20H2,1-2H3/b5-3+,6-4+. The molecule has 20 heavy (non-hydrogen) atoms. The monoisotopic (exact) mass is 263 g/mol. The van der Waals surface area contributed by atoms with Gasteiger partial charge in [-0.05, 0) is 34.7 Å². The van der Waals surface area contributed by atoms with Gasteiger partial charge in [0.25, 0.3) is 0 Å². The molecule has 0 atom stereocenters. The molecule has 0 fully saturated rings. The number of hydrogen-bond acceptors (Lipinski definition) is 1. The van der Waals surface area contributed by atoms with Crippen molar-refractivity contribution < 1.29 is 0 Å². The van der Waals surface area contributed by atoms with E-state index in [4.69, 9.17) is 5.73 Å². The Kier molecular flexibility index (Phi) is 4.78. The summed E-state index contributed by atoms with van der Waals surface area (Å²) in [5.41, 5.74) is 10.2. The van der Waals surface area contributed by atoms with E-state index in [1.165, 1.54) is 11.1 Å². The highest BCUT2D eigenvalue weighted by Gasteiger charge is 1.96. The first-order valence-corrected chi connectivity index (χ1v) is 6.95. The van der Waals surface area contributed by atoms with E-state index in [2.05, 4.69) is 56.3 Å². The molecule has 0 aliphatic rings. The molecule has 1 heteroatoms. The molecule has 0 saturated heterocycles. The van der Waals surface area contributed by atoms with Gasteiger partial charge in [0.2, 0.25) is 0 Å². The van der Waals surface area contributed by atoms with Gasteiger partial charge in [0.1, 0.15) is 0 Å². The minimum absolute atomic E-state index is 0.582. The summed E-state index contributed by atoms with van der Waals surface area (Å²) < 4.78 is 0. The molecular formula is C19H21N. The van der Waals surface area contributed by atoms with Crippen molar-refractivity contribution in [1.29, 1.82) is 0 Å². The van der Waals surface area contributed by atoms with Crippen LogP contribution in [-0.4, -0.2) is 0 Å². The van der Waals surface area contributed by atoms with Gasteiger partial charge in [-0.3, -0.25) is 0 Å². The molecule has 1 nitrogen and oxygen atoms in total. The summed E-state index contributed by atoms with van der Waals surface area (Å²) >= 11 is 0. The molecule has 0 saturated carbocycles.